The quantitative estimate of drug-likeness (QED) is 0.0783. The van der Waals surface area contributed by atoms with E-state index < -0.39 is 70.3 Å². The molecule has 6 bridgehead atoms. The Bertz CT molecular complexity index is 2190. The van der Waals surface area contributed by atoms with E-state index in [4.69, 9.17) is 44.9 Å². The molecule has 6 aliphatic rings. The molecule has 2 N–H and O–H groups in total. The number of carbonyl (C=O) groups is 8. The standard InChI is InChI=1S/C47H61ClN4O16S/c1-28-8-7-9-35(63-6)47(61)23-37(66-44(60)49-47)46(3)25-45(2,68-46)36(22-38(55)50(4)32-19-30(18-28)20-33(62-5)41(32)48)65-40(57)14-15-64-16-17-69-34-21-39(56)52(42(34)58)24-29-10-12-31(13-11-29)43(59)67-51(26-53)27-54/h7-9,19-20,26-27,29,31,34-37,61H,10-18,21-25H2,1-6H3,(H,49,60)/b9-7+,28-8+/t29-,31-,34?,35-,36+,37?,45-,46-,47+/m1/s1. The summed E-state index contributed by atoms with van der Waals surface area (Å²) in [5.74, 6) is -2.21. The molecule has 3 saturated heterocycles. The van der Waals surface area contributed by atoms with Crippen LogP contribution >= 0.6 is 23.4 Å². The van der Waals surface area contributed by atoms with Crippen LogP contribution in [-0.4, -0.2) is 151 Å². The number of carbonyl (C=O) groups excluding carboxylic acids is 8. The molecule has 2 unspecified atom stereocenters. The summed E-state index contributed by atoms with van der Waals surface area (Å²) < 4.78 is 35.2. The largest absolute Gasteiger partial charge is 0.495 e. The van der Waals surface area contributed by atoms with Crippen molar-refractivity contribution in [2.24, 2.45) is 11.8 Å². The molecule has 0 aromatic heterocycles. The number of hydroxylamine groups is 2. The Balaban J connectivity index is 1.06. The number of amides is 6. The van der Waals surface area contributed by atoms with Gasteiger partial charge in [0.1, 0.15) is 40.3 Å². The van der Waals surface area contributed by atoms with Gasteiger partial charge in [-0.3, -0.25) is 39.0 Å². The van der Waals surface area contributed by atoms with Crippen molar-refractivity contribution in [2.45, 2.75) is 125 Å². The Morgan fingerprint density at radius 1 is 1.03 bits per heavy atom. The highest BCUT2D eigenvalue weighted by atomic mass is 35.5. The van der Waals surface area contributed by atoms with Gasteiger partial charge >= 0.3 is 18.0 Å². The average Bonchev–Trinajstić information content (AvgIpc) is 3.56. The number of methoxy groups -OCH3 is 2. The average molecular weight is 1010 g/mol. The normalized spacial score (nSPS) is 31.9. The van der Waals surface area contributed by atoms with Crippen molar-refractivity contribution in [1.29, 1.82) is 0 Å². The molecule has 1 saturated carbocycles. The molecule has 0 radical (unpaired) electrons. The molecule has 6 amide bonds. The molecule has 4 fully saturated rings. The smallest absolute Gasteiger partial charge is 0.409 e. The number of likely N-dealkylation sites (tertiary alicyclic amines) is 1. The van der Waals surface area contributed by atoms with Gasteiger partial charge in [-0.05, 0) is 76.5 Å². The van der Waals surface area contributed by atoms with Gasteiger partial charge < -0.3 is 43.3 Å². The predicted molar refractivity (Wildman–Crippen MR) is 247 cm³/mol. The van der Waals surface area contributed by atoms with Crippen molar-refractivity contribution in [3.63, 3.8) is 0 Å². The van der Waals surface area contributed by atoms with Gasteiger partial charge in [0.15, 0.2) is 5.72 Å². The third kappa shape index (κ3) is 12.6. The number of alkyl carbamates (subject to hydrolysis) is 1. The number of benzene rings is 1. The highest BCUT2D eigenvalue weighted by Gasteiger charge is 2.63. The lowest BCUT2D eigenvalue weighted by atomic mass is 9.72. The molecule has 1 aliphatic carbocycles. The number of rotatable bonds is 16. The van der Waals surface area contributed by atoms with Gasteiger partial charge in [0.05, 0.1) is 50.0 Å². The maximum atomic E-state index is 14.2. The molecule has 1 aromatic carbocycles. The minimum atomic E-state index is -1.88. The van der Waals surface area contributed by atoms with E-state index in [1.807, 2.05) is 13.0 Å². The van der Waals surface area contributed by atoms with E-state index in [0.29, 0.717) is 49.3 Å². The second kappa shape index (κ2) is 22.8. The van der Waals surface area contributed by atoms with Crippen LogP contribution in [0.3, 0.4) is 0 Å². The van der Waals surface area contributed by atoms with Crippen LogP contribution in [0.2, 0.25) is 5.02 Å². The third-order valence-electron chi connectivity index (χ3n) is 13.4. The van der Waals surface area contributed by atoms with Crippen molar-refractivity contribution in [1.82, 2.24) is 15.3 Å². The topological polar surface area (TPSA) is 243 Å². The van der Waals surface area contributed by atoms with Crippen LogP contribution < -0.4 is 15.0 Å². The molecule has 69 heavy (non-hydrogen) atoms. The van der Waals surface area contributed by atoms with E-state index in [1.54, 1.807) is 45.2 Å². The van der Waals surface area contributed by atoms with Gasteiger partial charge in [-0.1, -0.05) is 35.4 Å². The van der Waals surface area contributed by atoms with Crippen molar-refractivity contribution in [3.8, 4) is 5.75 Å². The van der Waals surface area contributed by atoms with Crippen molar-refractivity contribution < 1.29 is 76.7 Å². The maximum Gasteiger partial charge on any atom is 0.409 e. The summed E-state index contributed by atoms with van der Waals surface area (Å²) in [5.41, 5.74) is -2.26. The van der Waals surface area contributed by atoms with Crippen LogP contribution in [-0.2, 0) is 68.5 Å². The first-order valence-corrected chi connectivity index (χ1v) is 24.2. The first-order chi connectivity index (χ1) is 32.7. The summed E-state index contributed by atoms with van der Waals surface area (Å²) in [5, 5.41) is 14.2. The minimum absolute atomic E-state index is 0.0126. The molecule has 0 spiro atoms. The fraction of sp³-hybridized carbons (Fsp3) is 0.617. The maximum absolute atomic E-state index is 14.2. The van der Waals surface area contributed by atoms with Crippen LogP contribution in [0, 0.1) is 11.8 Å². The van der Waals surface area contributed by atoms with E-state index >= 15 is 0 Å². The summed E-state index contributed by atoms with van der Waals surface area (Å²) >= 11 is 8.06. The second-order valence-corrected chi connectivity index (χ2v) is 20.2. The van der Waals surface area contributed by atoms with Crippen LogP contribution in [0.25, 0.3) is 0 Å². The van der Waals surface area contributed by atoms with E-state index in [9.17, 15) is 43.5 Å². The van der Waals surface area contributed by atoms with Crippen molar-refractivity contribution in [2.75, 3.05) is 51.7 Å². The van der Waals surface area contributed by atoms with Crippen molar-refractivity contribution >= 4 is 77.6 Å². The zero-order chi connectivity index (χ0) is 50.3. The molecule has 20 nitrogen and oxygen atoms in total. The highest BCUT2D eigenvalue weighted by Crippen LogP contribution is 2.50. The van der Waals surface area contributed by atoms with Crippen LogP contribution in [0.4, 0.5) is 10.5 Å². The van der Waals surface area contributed by atoms with Gasteiger partial charge in [0.2, 0.25) is 17.7 Å². The zero-order valence-electron chi connectivity index (χ0n) is 39.6. The molecule has 378 valence electrons. The van der Waals surface area contributed by atoms with Gasteiger partial charge in [-0.25, -0.2) is 9.59 Å². The molecule has 7 rings (SSSR count). The fourth-order valence-electron chi connectivity index (χ4n) is 9.68. The SMILES string of the molecule is COc1cc2cc(c1Cl)N(C)C(=O)C[C@H](OC(=O)CCOCCSC1CC(=O)N(C[C@H]3CC[C@H](C(=O)ON(C=O)C=O)CC3)C1=O)[C@@]1(C)C[C@@](C)(O1)C1C[C@@](O)(NC(=O)O1)[C@H](OC)/C=C/C=C(\C)C2. The highest BCUT2D eigenvalue weighted by molar-refractivity contribution is 8.00. The number of hydrogen-bond donors (Lipinski definition) is 2. The number of halogens is 1. The van der Waals surface area contributed by atoms with Gasteiger partial charge in [-0.2, -0.15) is 0 Å². The van der Waals surface area contributed by atoms with E-state index in [2.05, 4.69) is 5.32 Å². The Hall–Kier alpha value is -5.06. The van der Waals surface area contributed by atoms with Crippen LogP contribution in [0.5, 0.6) is 5.75 Å². The van der Waals surface area contributed by atoms with Crippen molar-refractivity contribution in [3.05, 3.63) is 46.5 Å². The monoisotopic (exact) mass is 1000 g/mol. The number of anilines is 1. The summed E-state index contributed by atoms with van der Waals surface area (Å²) in [6.45, 7) is 5.65. The number of imide groups is 2. The number of thioether (sulfide) groups is 1. The second-order valence-electron chi connectivity index (χ2n) is 18.5. The number of fused-ring (bicyclic) bond motifs is 6. The minimum Gasteiger partial charge on any atom is -0.495 e. The molecule has 1 aromatic rings. The molecule has 5 aliphatic heterocycles. The number of allylic oxidation sites excluding steroid dienone is 3. The molecular formula is C47H61ClN4O16S. The number of nitrogens with one attached hydrogen (secondary N) is 1. The number of hydrogen-bond acceptors (Lipinski definition) is 17. The third-order valence-corrected chi connectivity index (χ3v) is 14.9. The molecular weight excluding hydrogens is 944 g/mol. The van der Waals surface area contributed by atoms with E-state index in [1.165, 1.54) is 35.8 Å². The molecule has 5 heterocycles. The summed E-state index contributed by atoms with van der Waals surface area (Å²) in [4.78, 5) is 108. The van der Waals surface area contributed by atoms with Gasteiger partial charge in [0.25, 0.3) is 12.8 Å². The lowest BCUT2D eigenvalue weighted by Crippen LogP contribution is -2.72. The van der Waals surface area contributed by atoms with Gasteiger partial charge in [-0.15, -0.1) is 16.8 Å². The Kier molecular flexibility index (Phi) is 17.6. The number of nitrogens with zero attached hydrogens (tertiary/aromatic N) is 3. The fourth-order valence-corrected chi connectivity index (χ4v) is 11.0. The molecule has 7 atom stereocenters. The summed E-state index contributed by atoms with van der Waals surface area (Å²) in [7, 11) is 4.45. The Morgan fingerprint density at radius 2 is 1.74 bits per heavy atom. The number of esters is 1. The number of aliphatic hydroxyl groups is 1. The Morgan fingerprint density at radius 3 is 2.41 bits per heavy atom. The predicted octanol–water partition coefficient (Wildman–Crippen LogP) is 3.96. The van der Waals surface area contributed by atoms with E-state index in [-0.39, 0.29) is 92.5 Å². The molecule has 22 heteroatoms. The zero-order valence-corrected chi connectivity index (χ0v) is 41.2. The van der Waals surface area contributed by atoms with Crippen LogP contribution in [0.1, 0.15) is 84.1 Å². The first kappa shape index (κ1) is 53.3. The number of ether oxygens (including phenoxy) is 6. The van der Waals surface area contributed by atoms with Gasteiger partial charge in [0, 0.05) is 45.7 Å². The Labute approximate surface area is 409 Å². The van der Waals surface area contributed by atoms with E-state index in [0.717, 1.165) is 11.1 Å². The first-order valence-electron chi connectivity index (χ1n) is 22.8. The lowest BCUT2D eigenvalue weighted by Gasteiger charge is -2.59. The summed E-state index contributed by atoms with van der Waals surface area (Å²) in [6.07, 6.45) is 3.35. The lowest BCUT2D eigenvalue weighted by molar-refractivity contribution is -0.328. The van der Waals surface area contributed by atoms with Crippen LogP contribution in [0.15, 0.2) is 35.9 Å². The summed E-state index contributed by atoms with van der Waals surface area (Å²) in [6, 6.07) is 3.55.